The van der Waals surface area contributed by atoms with E-state index < -0.39 is 6.09 Å². The molecule has 13 heavy (non-hydrogen) atoms. The second-order valence-electron chi connectivity index (χ2n) is 2.80. The third-order valence-corrected chi connectivity index (χ3v) is 2.00. The number of aromatic amines is 1. The highest BCUT2D eigenvalue weighted by Gasteiger charge is 2.25. The van der Waals surface area contributed by atoms with E-state index in [1.807, 2.05) is 0 Å². The van der Waals surface area contributed by atoms with Crippen molar-refractivity contribution >= 4 is 6.09 Å². The van der Waals surface area contributed by atoms with Crippen molar-refractivity contribution in [1.29, 1.82) is 0 Å². The van der Waals surface area contributed by atoms with Gasteiger partial charge in [0.05, 0.1) is 30.7 Å². The number of carbonyl (C=O) groups is 1. The second kappa shape index (κ2) is 2.58. The van der Waals surface area contributed by atoms with Crippen LogP contribution in [-0.2, 0) is 13.1 Å². The molecule has 68 valence electrons. The summed E-state index contributed by atoms with van der Waals surface area (Å²) in [4.78, 5) is 29.2. The van der Waals surface area contributed by atoms with E-state index in [1.54, 1.807) is 0 Å². The van der Waals surface area contributed by atoms with Crippen LogP contribution in [0.1, 0.15) is 11.3 Å². The van der Waals surface area contributed by atoms with Gasteiger partial charge in [0, 0.05) is 0 Å². The monoisotopic (exact) mass is 181 g/mol. The van der Waals surface area contributed by atoms with Crippen molar-refractivity contribution in [3.63, 3.8) is 0 Å². The molecule has 0 bridgehead atoms. The number of rotatable bonds is 0. The van der Waals surface area contributed by atoms with Crippen molar-refractivity contribution < 1.29 is 9.90 Å². The van der Waals surface area contributed by atoms with Gasteiger partial charge in [0.2, 0.25) is 0 Å². The summed E-state index contributed by atoms with van der Waals surface area (Å²) in [6.45, 7) is 0.336. The summed E-state index contributed by atoms with van der Waals surface area (Å²) in [5, 5.41) is 8.66. The normalized spacial score (nSPS) is 14.3. The van der Waals surface area contributed by atoms with Crippen molar-refractivity contribution in [3.8, 4) is 0 Å². The fourth-order valence-corrected chi connectivity index (χ4v) is 1.33. The molecule has 0 radical (unpaired) electrons. The molecule has 1 aromatic heterocycles. The summed E-state index contributed by atoms with van der Waals surface area (Å²) in [5.41, 5.74) is 0.741. The van der Waals surface area contributed by atoms with Crippen molar-refractivity contribution in [2.24, 2.45) is 0 Å². The maximum absolute atomic E-state index is 11.2. The lowest BCUT2D eigenvalue weighted by molar-refractivity contribution is 0.145. The SMILES string of the molecule is O=C(O)N1Cc2nc[nH]c(=O)c2C1. The molecule has 1 aliphatic heterocycles. The molecular weight excluding hydrogens is 174 g/mol. The van der Waals surface area contributed by atoms with Crippen LogP contribution in [-0.4, -0.2) is 26.1 Å². The Labute approximate surface area is 72.8 Å². The minimum absolute atomic E-state index is 0.133. The van der Waals surface area contributed by atoms with Gasteiger partial charge in [-0.05, 0) is 0 Å². The number of fused-ring (bicyclic) bond motifs is 1. The van der Waals surface area contributed by atoms with Gasteiger partial charge in [-0.1, -0.05) is 0 Å². The first-order chi connectivity index (χ1) is 6.18. The largest absolute Gasteiger partial charge is 0.465 e. The van der Waals surface area contributed by atoms with E-state index in [4.69, 9.17) is 5.11 Å². The number of aromatic nitrogens is 2. The molecule has 0 spiro atoms. The fourth-order valence-electron chi connectivity index (χ4n) is 1.33. The molecule has 2 heterocycles. The molecule has 2 rings (SSSR count). The second-order valence-corrected chi connectivity index (χ2v) is 2.80. The Balaban J connectivity index is 2.41. The molecule has 0 fully saturated rings. The molecule has 0 atom stereocenters. The number of carboxylic acid groups (broad SMARTS) is 1. The zero-order valence-electron chi connectivity index (χ0n) is 6.65. The van der Waals surface area contributed by atoms with Gasteiger partial charge in [0.15, 0.2) is 0 Å². The summed E-state index contributed by atoms with van der Waals surface area (Å²) in [7, 11) is 0. The van der Waals surface area contributed by atoms with Gasteiger partial charge in [-0.25, -0.2) is 9.78 Å². The summed E-state index contributed by atoms with van der Waals surface area (Å²) < 4.78 is 0. The Morgan fingerprint density at radius 3 is 3.00 bits per heavy atom. The third kappa shape index (κ3) is 1.16. The van der Waals surface area contributed by atoms with E-state index in [0.29, 0.717) is 11.3 Å². The van der Waals surface area contributed by atoms with Gasteiger partial charge in [0.25, 0.3) is 5.56 Å². The van der Waals surface area contributed by atoms with E-state index in [-0.39, 0.29) is 18.6 Å². The summed E-state index contributed by atoms with van der Waals surface area (Å²) in [6, 6.07) is 0. The third-order valence-electron chi connectivity index (χ3n) is 2.00. The van der Waals surface area contributed by atoms with E-state index in [1.165, 1.54) is 6.33 Å². The summed E-state index contributed by atoms with van der Waals surface area (Å²) in [6.07, 6.45) is 0.254. The van der Waals surface area contributed by atoms with Crippen LogP contribution in [0.2, 0.25) is 0 Å². The molecule has 6 nitrogen and oxygen atoms in total. The highest BCUT2D eigenvalue weighted by molar-refractivity contribution is 5.65. The number of hydrogen-bond donors (Lipinski definition) is 2. The highest BCUT2D eigenvalue weighted by Crippen LogP contribution is 2.15. The first kappa shape index (κ1) is 7.78. The first-order valence-corrected chi connectivity index (χ1v) is 3.72. The molecule has 0 saturated heterocycles. The molecule has 0 aliphatic carbocycles. The Morgan fingerprint density at radius 1 is 1.62 bits per heavy atom. The predicted octanol–water partition coefficient (Wildman–Crippen LogP) is -0.237. The maximum atomic E-state index is 11.2. The summed E-state index contributed by atoms with van der Waals surface area (Å²) >= 11 is 0. The lowest BCUT2D eigenvalue weighted by atomic mass is 10.3. The van der Waals surface area contributed by atoms with Crippen LogP contribution in [0.4, 0.5) is 4.79 Å². The average molecular weight is 181 g/mol. The quantitative estimate of drug-likeness (QED) is 0.578. The average Bonchev–Trinajstić information content (AvgIpc) is 2.49. The van der Waals surface area contributed by atoms with E-state index in [9.17, 15) is 9.59 Å². The van der Waals surface area contributed by atoms with E-state index >= 15 is 0 Å². The van der Waals surface area contributed by atoms with Crippen molar-refractivity contribution in [1.82, 2.24) is 14.9 Å². The van der Waals surface area contributed by atoms with Crippen LogP contribution in [0, 0.1) is 0 Å². The van der Waals surface area contributed by atoms with Gasteiger partial charge in [-0.3, -0.25) is 9.69 Å². The van der Waals surface area contributed by atoms with Crippen LogP contribution >= 0.6 is 0 Å². The number of nitrogens with one attached hydrogen (secondary N) is 1. The van der Waals surface area contributed by atoms with Gasteiger partial charge < -0.3 is 10.1 Å². The smallest absolute Gasteiger partial charge is 0.407 e. The fraction of sp³-hybridized carbons (Fsp3) is 0.286. The zero-order valence-corrected chi connectivity index (χ0v) is 6.65. The Bertz CT molecular complexity index is 412. The van der Waals surface area contributed by atoms with Gasteiger partial charge in [0.1, 0.15) is 0 Å². The van der Waals surface area contributed by atoms with Crippen LogP contribution in [0.15, 0.2) is 11.1 Å². The van der Waals surface area contributed by atoms with Crippen molar-refractivity contribution in [3.05, 3.63) is 27.9 Å². The first-order valence-electron chi connectivity index (χ1n) is 3.72. The molecular formula is C7H7N3O3. The number of amides is 1. The number of nitrogens with zero attached hydrogens (tertiary/aromatic N) is 2. The maximum Gasteiger partial charge on any atom is 0.407 e. The van der Waals surface area contributed by atoms with Crippen molar-refractivity contribution in [2.75, 3.05) is 0 Å². The molecule has 6 heteroatoms. The lowest BCUT2D eigenvalue weighted by Gasteiger charge is -2.07. The number of hydrogen-bond acceptors (Lipinski definition) is 3. The molecule has 0 unspecified atom stereocenters. The molecule has 0 aromatic carbocycles. The van der Waals surface area contributed by atoms with Crippen molar-refractivity contribution in [2.45, 2.75) is 13.1 Å². The molecule has 2 N–H and O–H groups in total. The molecule has 1 aliphatic rings. The summed E-state index contributed by atoms with van der Waals surface area (Å²) in [5.74, 6) is 0. The van der Waals surface area contributed by atoms with Gasteiger partial charge >= 0.3 is 6.09 Å². The minimum Gasteiger partial charge on any atom is -0.465 e. The van der Waals surface area contributed by atoms with Crippen LogP contribution in [0.3, 0.4) is 0 Å². The van der Waals surface area contributed by atoms with E-state index in [0.717, 1.165) is 4.90 Å². The lowest BCUT2D eigenvalue weighted by Crippen LogP contribution is -2.23. The molecule has 1 aromatic rings. The zero-order chi connectivity index (χ0) is 9.42. The standard InChI is InChI=1S/C7H7N3O3/c11-6-4-1-10(7(12)13)2-5(4)8-3-9-6/h3H,1-2H2,(H,12,13)(H,8,9,11). The Kier molecular flexibility index (Phi) is 1.54. The van der Waals surface area contributed by atoms with Gasteiger partial charge in [-0.15, -0.1) is 0 Å². The van der Waals surface area contributed by atoms with Crippen LogP contribution in [0.5, 0.6) is 0 Å². The Hall–Kier alpha value is -1.85. The van der Waals surface area contributed by atoms with Gasteiger partial charge in [-0.2, -0.15) is 0 Å². The molecule has 0 saturated carbocycles. The predicted molar refractivity (Wildman–Crippen MR) is 42.1 cm³/mol. The van der Waals surface area contributed by atoms with Crippen LogP contribution < -0.4 is 5.56 Å². The van der Waals surface area contributed by atoms with E-state index in [2.05, 4.69) is 9.97 Å². The topological polar surface area (TPSA) is 86.3 Å². The minimum atomic E-state index is -1.03. The van der Waals surface area contributed by atoms with Crippen LogP contribution in [0.25, 0.3) is 0 Å². The molecule has 1 amide bonds. The Morgan fingerprint density at radius 2 is 2.38 bits per heavy atom. The highest BCUT2D eigenvalue weighted by atomic mass is 16.4. The number of H-pyrrole nitrogens is 1.